The van der Waals surface area contributed by atoms with E-state index in [0.29, 0.717) is 0 Å². The van der Waals surface area contributed by atoms with Gasteiger partial charge in [0.2, 0.25) is 0 Å². The molecule has 212 valence electrons. The summed E-state index contributed by atoms with van der Waals surface area (Å²) in [6.07, 6.45) is 2.17. The number of benzene rings is 6. The molecule has 0 radical (unpaired) electrons. The number of allylic oxidation sites excluding steroid dienone is 2. The summed E-state index contributed by atoms with van der Waals surface area (Å²) in [5.41, 5.74) is 13.9. The maximum absolute atomic E-state index is 5.09. The van der Waals surface area contributed by atoms with Crippen molar-refractivity contribution in [1.82, 2.24) is 0 Å². The van der Waals surface area contributed by atoms with E-state index in [-0.39, 0.29) is 5.41 Å². The van der Waals surface area contributed by atoms with Crippen molar-refractivity contribution in [2.24, 2.45) is 4.99 Å². The number of fused-ring (bicyclic) bond motifs is 4. The molecule has 0 N–H and O–H groups in total. The van der Waals surface area contributed by atoms with Crippen molar-refractivity contribution in [3.8, 4) is 22.3 Å². The second kappa shape index (κ2) is 11.1. The first-order valence-corrected chi connectivity index (χ1v) is 15.3. The quantitative estimate of drug-likeness (QED) is 0.178. The molecule has 0 atom stereocenters. The molecule has 0 amide bonds. The third kappa shape index (κ3) is 4.81. The number of rotatable bonds is 6. The Kier molecular flexibility index (Phi) is 6.95. The molecule has 0 aliphatic heterocycles. The molecule has 0 fully saturated rings. The lowest BCUT2D eigenvalue weighted by Crippen LogP contribution is -2.14. The normalized spacial score (nSPS) is 13.9. The van der Waals surface area contributed by atoms with Crippen molar-refractivity contribution >= 4 is 27.8 Å². The molecular weight excluding hydrogens is 530 g/mol. The van der Waals surface area contributed by atoms with E-state index in [9.17, 15) is 0 Å². The fourth-order valence-corrected chi connectivity index (χ4v) is 6.63. The summed E-state index contributed by atoms with van der Waals surface area (Å²) in [7, 11) is 0. The van der Waals surface area contributed by atoms with Crippen LogP contribution >= 0.6 is 0 Å². The largest absolute Gasteiger partial charge is 0.248 e. The summed E-state index contributed by atoms with van der Waals surface area (Å²) in [6, 6.07) is 49.7. The Hall–Kier alpha value is -5.27. The van der Waals surface area contributed by atoms with Crippen LogP contribution in [-0.4, -0.2) is 5.71 Å². The van der Waals surface area contributed by atoms with Crippen LogP contribution in [0, 0.1) is 0 Å². The van der Waals surface area contributed by atoms with Gasteiger partial charge in [-0.2, -0.15) is 0 Å². The average Bonchev–Trinajstić information content (AvgIpc) is 3.30. The Morgan fingerprint density at radius 3 is 1.95 bits per heavy atom. The van der Waals surface area contributed by atoms with Crippen LogP contribution in [0.1, 0.15) is 48.6 Å². The maximum atomic E-state index is 5.09. The van der Waals surface area contributed by atoms with Crippen molar-refractivity contribution in [1.29, 1.82) is 0 Å². The fourth-order valence-electron chi connectivity index (χ4n) is 6.63. The zero-order valence-electron chi connectivity index (χ0n) is 25.5. The summed E-state index contributed by atoms with van der Waals surface area (Å²) in [4.78, 5) is 5.09. The van der Waals surface area contributed by atoms with Gasteiger partial charge >= 0.3 is 0 Å². The number of hydrogen-bond donors (Lipinski definition) is 0. The predicted molar refractivity (Wildman–Crippen MR) is 189 cm³/mol. The zero-order valence-corrected chi connectivity index (χ0v) is 25.5. The van der Waals surface area contributed by atoms with Gasteiger partial charge in [-0.15, -0.1) is 0 Å². The van der Waals surface area contributed by atoms with Gasteiger partial charge in [-0.1, -0.05) is 154 Å². The third-order valence-corrected chi connectivity index (χ3v) is 9.01. The van der Waals surface area contributed by atoms with Gasteiger partial charge in [0, 0.05) is 11.0 Å². The smallest absolute Gasteiger partial charge is 0.0712 e. The second-order valence-corrected chi connectivity index (χ2v) is 12.1. The lowest BCUT2D eigenvalue weighted by molar-refractivity contribution is 0.661. The molecule has 0 saturated carbocycles. The van der Waals surface area contributed by atoms with Crippen LogP contribution in [0.25, 0.3) is 44.3 Å². The van der Waals surface area contributed by atoms with Crippen molar-refractivity contribution in [2.45, 2.75) is 26.2 Å². The highest BCUT2D eigenvalue weighted by Gasteiger charge is 2.37. The molecule has 7 rings (SSSR count). The van der Waals surface area contributed by atoms with Gasteiger partial charge in [-0.05, 0) is 79.9 Å². The fraction of sp³-hybridized carbons (Fsp3) is 0.0930. The van der Waals surface area contributed by atoms with Crippen molar-refractivity contribution in [3.63, 3.8) is 0 Å². The molecule has 0 saturated heterocycles. The van der Waals surface area contributed by atoms with Crippen LogP contribution in [0.5, 0.6) is 0 Å². The van der Waals surface area contributed by atoms with E-state index < -0.39 is 0 Å². The molecular formula is C43H35N. The molecule has 0 bridgehead atoms. The topological polar surface area (TPSA) is 12.4 Å². The Bertz CT molecular complexity index is 2080. The number of nitrogens with zero attached hydrogens (tertiary/aromatic N) is 1. The van der Waals surface area contributed by atoms with Crippen LogP contribution in [0.2, 0.25) is 0 Å². The van der Waals surface area contributed by atoms with E-state index >= 15 is 0 Å². The van der Waals surface area contributed by atoms with E-state index in [1.54, 1.807) is 0 Å². The van der Waals surface area contributed by atoms with Crippen molar-refractivity contribution < 1.29 is 0 Å². The number of aliphatic imine (C=N–C) groups is 1. The minimum atomic E-state index is -0.0674. The van der Waals surface area contributed by atoms with E-state index in [1.807, 2.05) is 24.3 Å². The van der Waals surface area contributed by atoms with Gasteiger partial charge < -0.3 is 0 Å². The SMILES string of the molecule is C=C(N=C(/C=C(\C)c1ccccc1)c1ccc(-c2c3c(cc4ccccc24)C(C)(C)c2ccccc2-3)cc1)c1ccccc1. The van der Waals surface area contributed by atoms with Crippen molar-refractivity contribution in [2.75, 3.05) is 0 Å². The predicted octanol–water partition coefficient (Wildman–Crippen LogP) is 11.4. The van der Waals surface area contributed by atoms with Crippen LogP contribution < -0.4 is 0 Å². The molecule has 0 aromatic heterocycles. The maximum Gasteiger partial charge on any atom is 0.0712 e. The first-order valence-electron chi connectivity index (χ1n) is 15.3. The van der Waals surface area contributed by atoms with Crippen LogP contribution in [-0.2, 0) is 5.41 Å². The summed E-state index contributed by atoms with van der Waals surface area (Å²) < 4.78 is 0. The van der Waals surface area contributed by atoms with Gasteiger partial charge in [-0.3, -0.25) is 0 Å². The Balaban J connectivity index is 1.38. The molecule has 1 heteroatoms. The lowest BCUT2D eigenvalue weighted by atomic mass is 9.80. The number of hydrogen-bond acceptors (Lipinski definition) is 1. The van der Waals surface area contributed by atoms with Gasteiger partial charge in [0.15, 0.2) is 0 Å². The second-order valence-electron chi connectivity index (χ2n) is 12.1. The van der Waals surface area contributed by atoms with Crippen molar-refractivity contribution in [3.05, 3.63) is 180 Å². The molecule has 1 aliphatic rings. The molecule has 1 nitrogen and oxygen atoms in total. The highest BCUT2D eigenvalue weighted by Crippen LogP contribution is 2.54. The molecule has 0 heterocycles. The van der Waals surface area contributed by atoms with E-state index in [4.69, 9.17) is 4.99 Å². The average molecular weight is 566 g/mol. The Morgan fingerprint density at radius 1 is 0.614 bits per heavy atom. The molecule has 0 spiro atoms. The van der Waals surface area contributed by atoms with Gasteiger partial charge in [-0.25, -0.2) is 4.99 Å². The van der Waals surface area contributed by atoms with Gasteiger partial charge in [0.1, 0.15) is 0 Å². The summed E-state index contributed by atoms with van der Waals surface area (Å²) in [5.74, 6) is 0. The first-order chi connectivity index (χ1) is 21.4. The summed E-state index contributed by atoms with van der Waals surface area (Å²) in [5, 5.41) is 2.55. The standard InChI is InChI=1S/C43H35N/c1-29(31-15-7-5-8-16-31)27-40(44-30(2)32-17-9-6-10-18-32)33-23-25-34(26-24-33)41-36-20-12-11-19-35(36)28-39-42(41)37-21-13-14-22-38(37)43(39,3)4/h5-28H,2H2,1,3-4H3/b29-27+,44-40?. The highest BCUT2D eigenvalue weighted by atomic mass is 14.8. The van der Waals surface area contributed by atoms with Crippen LogP contribution in [0.4, 0.5) is 0 Å². The minimum Gasteiger partial charge on any atom is -0.248 e. The van der Waals surface area contributed by atoms with Gasteiger partial charge in [0.25, 0.3) is 0 Å². The monoisotopic (exact) mass is 565 g/mol. The Morgan fingerprint density at radius 2 is 1.23 bits per heavy atom. The summed E-state index contributed by atoms with van der Waals surface area (Å²) >= 11 is 0. The lowest BCUT2D eigenvalue weighted by Gasteiger charge is -2.23. The van der Waals surface area contributed by atoms with E-state index in [1.165, 1.54) is 49.7 Å². The third-order valence-electron chi connectivity index (χ3n) is 9.01. The van der Waals surface area contributed by atoms with Crippen LogP contribution in [0.15, 0.2) is 157 Å². The van der Waals surface area contributed by atoms with E-state index in [2.05, 4.69) is 149 Å². The van der Waals surface area contributed by atoms with E-state index in [0.717, 1.165) is 28.1 Å². The molecule has 6 aromatic carbocycles. The molecule has 6 aromatic rings. The molecule has 44 heavy (non-hydrogen) atoms. The molecule has 0 unspecified atom stereocenters. The van der Waals surface area contributed by atoms with Crippen LogP contribution in [0.3, 0.4) is 0 Å². The first kappa shape index (κ1) is 27.6. The minimum absolute atomic E-state index is 0.0674. The summed E-state index contributed by atoms with van der Waals surface area (Å²) in [6.45, 7) is 11.2. The highest BCUT2D eigenvalue weighted by molar-refractivity contribution is 6.14. The molecule has 1 aliphatic carbocycles. The van der Waals surface area contributed by atoms with Gasteiger partial charge in [0.05, 0.1) is 11.4 Å². The Labute approximate surface area is 260 Å². The zero-order chi connectivity index (χ0) is 30.3.